The van der Waals surface area contributed by atoms with E-state index in [1.165, 1.54) is 0 Å². The molecule has 0 bridgehead atoms. The molecule has 3 rings (SSSR count). The number of imidazole rings is 1. The summed E-state index contributed by atoms with van der Waals surface area (Å²) in [6.07, 6.45) is 0. The number of fused-ring (bicyclic) bond motifs is 1. The van der Waals surface area contributed by atoms with Crippen LogP contribution in [0.15, 0.2) is 54.6 Å². The first-order valence-electron chi connectivity index (χ1n) is 7.36. The van der Waals surface area contributed by atoms with Gasteiger partial charge in [0.05, 0.1) is 13.2 Å². The van der Waals surface area contributed by atoms with Crippen LogP contribution in [-0.2, 0) is 13.1 Å². The number of nitrogen functional groups attached to an aromatic ring is 1. The van der Waals surface area contributed by atoms with Gasteiger partial charge in [-0.3, -0.25) is 5.73 Å². The maximum absolute atomic E-state index is 9.23. The average Bonchev–Trinajstić information content (AvgIpc) is 2.82. The summed E-state index contributed by atoms with van der Waals surface area (Å²) >= 11 is 0. The molecule has 114 valence electrons. The fourth-order valence-electron chi connectivity index (χ4n) is 2.65. The van der Waals surface area contributed by atoms with Crippen molar-refractivity contribution in [3.05, 3.63) is 54.6 Å². The maximum atomic E-state index is 9.23. The van der Waals surface area contributed by atoms with Gasteiger partial charge in [0.15, 0.2) is 0 Å². The van der Waals surface area contributed by atoms with Gasteiger partial charge in [0.25, 0.3) is 0 Å². The Labute approximate surface area is 129 Å². The third-order valence-corrected chi connectivity index (χ3v) is 3.67. The lowest BCUT2D eigenvalue weighted by molar-refractivity contribution is -0.658. The molecule has 0 saturated carbocycles. The Kier molecular flexibility index (Phi) is 4.25. The second-order valence-corrected chi connectivity index (χ2v) is 5.04. The van der Waals surface area contributed by atoms with E-state index in [0.717, 1.165) is 16.8 Å². The molecule has 5 nitrogen and oxygen atoms in total. The number of ether oxygens (including phenoxy) is 1. The number of hydrogen-bond donors (Lipinski definition) is 2. The molecule has 2 aromatic carbocycles. The highest BCUT2D eigenvalue weighted by molar-refractivity contribution is 5.73. The van der Waals surface area contributed by atoms with Crippen LogP contribution in [0, 0.1) is 0 Å². The second-order valence-electron chi connectivity index (χ2n) is 5.04. The number of para-hydroxylation sites is 3. The lowest BCUT2D eigenvalue weighted by atomic mass is 10.3. The maximum Gasteiger partial charge on any atom is 0.356 e. The van der Waals surface area contributed by atoms with Crippen molar-refractivity contribution in [3.8, 4) is 5.75 Å². The van der Waals surface area contributed by atoms with E-state index in [1.807, 2.05) is 63.7 Å². The Morgan fingerprint density at radius 3 is 2.55 bits per heavy atom. The summed E-state index contributed by atoms with van der Waals surface area (Å²) in [4.78, 5) is 0. The van der Waals surface area contributed by atoms with Gasteiger partial charge in [-0.05, 0) is 24.3 Å². The van der Waals surface area contributed by atoms with Crippen LogP contribution in [0.4, 0.5) is 5.95 Å². The summed E-state index contributed by atoms with van der Waals surface area (Å²) in [6.45, 7) is 1.73. The summed E-state index contributed by atoms with van der Waals surface area (Å²) in [5.74, 6) is 1.48. The van der Waals surface area contributed by atoms with E-state index in [2.05, 4.69) is 0 Å². The van der Waals surface area contributed by atoms with Gasteiger partial charge in [-0.25, -0.2) is 9.13 Å². The topological polar surface area (TPSA) is 64.3 Å². The minimum atomic E-state index is 0.0589. The molecular formula is C17H20N3O2+. The molecule has 3 aromatic rings. The fraction of sp³-hybridized carbons (Fsp3) is 0.235. The molecule has 0 amide bonds. The molecule has 0 fully saturated rings. The predicted molar refractivity (Wildman–Crippen MR) is 85.6 cm³/mol. The van der Waals surface area contributed by atoms with Gasteiger partial charge < -0.3 is 9.84 Å². The van der Waals surface area contributed by atoms with Crippen molar-refractivity contribution >= 4 is 17.0 Å². The normalized spacial score (nSPS) is 11.0. The van der Waals surface area contributed by atoms with E-state index in [0.29, 0.717) is 25.6 Å². The van der Waals surface area contributed by atoms with E-state index >= 15 is 0 Å². The molecule has 0 unspecified atom stereocenters. The summed E-state index contributed by atoms with van der Waals surface area (Å²) in [6, 6.07) is 17.7. The van der Waals surface area contributed by atoms with Crippen LogP contribution >= 0.6 is 0 Å². The van der Waals surface area contributed by atoms with Crippen LogP contribution in [0.3, 0.4) is 0 Å². The Morgan fingerprint density at radius 2 is 1.77 bits per heavy atom. The monoisotopic (exact) mass is 298 g/mol. The summed E-state index contributed by atoms with van der Waals surface area (Å²) < 4.78 is 9.70. The van der Waals surface area contributed by atoms with Crippen molar-refractivity contribution in [3.63, 3.8) is 0 Å². The third kappa shape index (κ3) is 2.76. The van der Waals surface area contributed by atoms with Gasteiger partial charge in [0.2, 0.25) is 0 Å². The van der Waals surface area contributed by atoms with Crippen molar-refractivity contribution in [2.75, 3.05) is 18.9 Å². The lowest BCUT2D eigenvalue weighted by Gasteiger charge is -2.05. The fourth-order valence-corrected chi connectivity index (χ4v) is 2.65. The minimum Gasteiger partial charge on any atom is -0.490 e. The number of nitrogens with two attached hydrogens (primary N) is 1. The number of nitrogens with zero attached hydrogens (tertiary/aromatic N) is 2. The molecule has 0 radical (unpaired) electrons. The molecule has 3 N–H and O–H groups in total. The number of aromatic nitrogens is 2. The van der Waals surface area contributed by atoms with Crippen molar-refractivity contribution in [2.45, 2.75) is 13.1 Å². The highest BCUT2D eigenvalue weighted by Crippen LogP contribution is 2.16. The molecule has 5 heteroatoms. The standard InChI is InChI=1S/C17H19N3O2/c18-17-19(10-12-21)15-8-4-5-9-16(15)20(17)11-13-22-14-6-2-1-3-7-14/h1-9,18,21H,10-13H2/p+1. The molecule has 0 saturated heterocycles. The largest absolute Gasteiger partial charge is 0.490 e. The third-order valence-electron chi connectivity index (χ3n) is 3.67. The molecule has 0 atom stereocenters. The average molecular weight is 298 g/mol. The number of hydrogen-bond acceptors (Lipinski definition) is 3. The molecule has 22 heavy (non-hydrogen) atoms. The van der Waals surface area contributed by atoms with Gasteiger partial charge in [0.1, 0.15) is 29.9 Å². The quantitative estimate of drug-likeness (QED) is 0.679. The first-order chi connectivity index (χ1) is 10.8. The van der Waals surface area contributed by atoms with Crippen LogP contribution in [-0.4, -0.2) is 22.9 Å². The van der Waals surface area contributed by atoms with Crippen molar-refractivity contribution in [1.29, 1.82) is 0 Å². The van der Waals surface area contributed by atoms with E-state index in [-0.39, 0.29) is 6.61 Å². The van der Waals surface area contributed by atoms with E-state index < -0.39 is 0 Å². The molecule has 1 aromatic heterocycles. The molecule has 0 aliphatic heterocycles. The number of anilines is 1. The summed E-state index contributed by atoms with van der Waals surface area (Å²) in [5.41, 5.74) is 8.31. The van der Waals surface area contributed by atoms with Crippen LogP contribution in [0.2, 0.25) is 0 Å². The van der Waals surface area contributed by atoms with E-state index in [4.69, 9.17) is 10.5 Å². The van der Waals surface area contributed by atoms with E-state index in [1.54, 1.807) is 0 Å². The molecule has 0 aliphatic rings. The zero-order valence-electron chi connectivity index (χ0n) is 12.4. The summed E-state index contributed by atoms with van der Waals surface area (Å²) in [5, 5.41) is 9.23. The van der Waals surface area contributed by atoms with Crippen molar-refractivity contribution in [2.24, 2.45) is 0 Å². The first kappa shape index (κ1) is 14.4. The van der Waals surface area contributed by atoms with Gasteiger partial charge in [-0.2, -0.15) is 0 Å². The number of aliphatic hydroxyl groups excluding tert-OH is 1. The highest BCUT2D eigenvalue weighted by Gasteiger charge is 2.19. The van der Waals surface area contributed by atoms with Gasteiger partial charge in [-0.15, -0.1) is 0 Å². The van der Waals surface area contributed by atoms with Crippen LogP contribution in [0.1, 0.15) is 0 Å². The van der Waals surface area contributed by atoms with Crippen molar-refractivity contribution in [1.82, 2.24) is 4.57 Å². The van der Waals surface area contributed by atoms with E-state index in [9.17, 15) is 5.11 Å². The van der Waals surface area contributed by atoms with Crippen LogP contribution in [0.25, 0.3) is 11.0 Å². The molecule has 0 aliphatic carbocycles. The number of benzene rings is 2. The zero-order valence-corrected chi connectivity index (χ0v) is 12.4. The predicted octanol–water partition coefficient (Wildman–Crippen LogP) is 1.58. The SMILES string of the molecule is Nc1n(CCOc2ccccc2)c2ccccc2[n+]1CCO. The van der Waals surface area contributed by atoms with Gasteiger partial charge in [-0.1, -0.05) is 30.3 Å². The zero-order chi connectivity index (χ0) is 15.4. The van der Waals surface area contributed by atoms with Crippen LogP contribution < -0.4 is 15.0 Å². The number of aliphatic hydroxyl groups is 1. The van der Waals surface area contributed by atoms with Gasteiger partial charge >= 0.3 is 5.95 Å². The highest BCUT2D eigenvalue weighted by atomic mass is 16.5. The Balaban J connectivity index is 1.82. The van der Waals surface area contributed by atoms with Gasteiger partial charge in [0, 0.05) is 0 Å². The molecule has 1 heterocycles. The summed E-state index contributed by atoms with van der Waals surface area (Å²) in [7, 11) is 0. The second kappa shape index (κ2) is 6.49. The van der Waals surface area contributed by atoms with Crippen LogP contribution in [0.5, 0.6) is 5.75 Å². The van der Waals surface area contributed by atoms with Crippen molar-refractivity contribution < 1.29 is 14.4 Å². The Bertz CT molecular complexity index is 753. The Hall–Kier alpha value is -2.53. The Morgan fingerprint density at radius 1 is 1.05 bits per heavy atom. The minimum absolute atomic E-state index is 0.0589. The molecule has 0 spiro atoms. The number of rotatable bonds is 6. The smallest absolute Gasteiger partial charge is 0.356 e. The molecular weight excluding hydrogens is 278 g/mol. The lowest BCUT2D eigenvalue weighted by Crippen LogP contribution is -2.38. The first-order valence-corrected chi connectivity index (χ1v) is 7.36.